The number of carbonyl (C=O) groups is 2. The summed E-state index contributed by atoms with van der Waals surface area (Å²) in [6.45, 7) is 0.116. The highest BCUT2D eigenvalue weighted by atomic mass is 32.2. The Kier molecular flexibility index (Phi) is 6.56. The van der Waals surface area contributed by atoms with Gasteiger partial charge in [0.15, 0.2) is 5.76 Å². The monoisotopic (exact) mass is 414 g/mol. The van der Waals surface area contributed by atoms with Crippen LogP contribution in [0.15, 0.2) is 70.0 Å². The Morgan fingerprint density at radius 2 is 1.72 bits per heavy atom. The van der Waals surface area contributed by atoms with E-state index in [2.05, 4.69) is 5.32 Å². The maximum atomic E-state index is 12.9. The molecule has 1 heterocycles. The number of carbonyl (C=O) groups excluding carboxylic acids is 2. The quantitative estimate of drug-likeness (QED) is 0.573. The van der Waals surface area contributed by atoms with Crippen molar-refractivity contribution in [1.82, 2.24) is 4.90 Å². The number of ether oxygens (including phenoxy) is 1. The summed E-state index contributed by atoms with van der Waals surface area (Å²) >= 11 is 1.10. The normalized spacial score (nSPS) is 10.4. The molecule has 150 valence electrons. The third kappa shape index (κ3) is 5.86. The first-order valence-electron chi connectivity index (χ1n) is 8.68. The Bertz CT molecular complexity index is 985. The van der Waals surface area contributed by atoms with Gasteiger partial charge in [-0.3, -0.25) is 9.59 Å². The Labute approximate surface area is 171 Å². The van der Waals surface area contributed by atoms with Crippen LogP contribution in [0.25, 0.3) is 0 Å². The number of rotatable bonds is 6. The van der Waals surface area contributed by atoms with Crippen LogP contribution in [-0.2, 0) is 6.61 Å². The fraction of sp³-hybridized carbons (Fsp3) is 0.143. The van der Waals surface area contributed by atoms with Gasteiger partial charge in [0, 0.05) is 24.7 Å². The van der Waals surface area contributed by atoms with Crippen LogP contribution >= 0.6 is 11.8 Å². The van der Waals surface area contributed by atoms with Gasteiger partial charge in [-0.05, 0) is 72.4 Å². The molecule has 1 N–H and O–H groups in total. The Morgan fingerprint density at radius 1 is 1.03 bits per heavy atom. The molecule has 3 aromatic rings. The second-order valence-electron chi connectivity index (χ2n) is 6.25. The summed E-state index contributed by atoms with van der Waals surface area (Å²) < 4.78 is 23.9. The molecule has 6 nitrogen and oxygen atoms in total. The van der Waals surface area contributed by atoms with Crippen LogP contribution in [0.1, 0.15) is 16.3 Å². The summed E-state index contributed by atoms with van der Waals surface area (Å²) in [7, 11) is 3.37. The lowest BCUT2D eigenvalue weighted by Gasteiger charge is -2.09. The van der Waals surface area contributed by atoms with Crippen molar-refractivity contribution < 1.29 is 23.1 Å². The third-order valence-electron chi connectivity index (χ3n) is 3.76. The van der Waals surface area contributed by atoms with Crippen LogP contribution in [0.4, 0.5) is 14.9 Å². The van der Waals surface area contributed by atoms with Crippen molar-refractivity contribution in [1.29, 1.82) is 0 Å². The summed E-state index contributed by atoms with van der Waals surface area (Å²) in [6, 6.07) is 15.8. The molecule has 2 amide bonds. The fourth-order valence-electron chi connectivity index (χ4n) is 2.25. The number of halogens is 1. The Morgan fingerprint density at radius 3 is 2.38 bits per heavy atom. The van der Waals surface area contributed by atoms with E-state index >= 15 is 0 Å². The highest BCUT2D eigenvalue weighted by Crippen LogP contribution is 2.23. The highest BCUT2D eigenvalue weighted by Gasteiger charge is 2.13. The van der Waals surface area contributed by atoms with Crippen molar-refractivity contribution in [2.45, 2.75) is 11.5 Å². The molecule has 0 fully saturated rings. The zero-order valence-corrected chi connectivity index (χ0v) is 16.7. The van der Waals surface area contributed by atoms with Crippen LogP contribution < -0.4 is 10.1 Å². The van der Waals surface area contributed by atoms with Gasteiger partial charge < -0.3 is 19.4 Å². The number of benzene rings is 2. The van der Waals surface area contributed by atoms with E-state index in [1.54, 1.807) is 50.5 Å². The number of thioether (sulfide) groups is 1. The van der Waals surface area contributed by atoms with E-state index in [4.69, 9.17) is 9.15 Å². The van der Waals surface area contributed by atoms with Crippen molar-refractivity contribution >= 4 is 28.6 Å². The van der Waals surface area contributed by atoms with Crippen molar-refractivity contribution in [3.63, 3.8) is 0 Å². The molecule has 8 heteroatoms. The molecule has 0 unspecified atom stereocenters. The molecule has 1 aromatic heterocycles. The average molecular weight is 414 g/mol. The van der Waals surface area contributed by atoms with Gasteiger partial charge in [0.2, 0.25) is 0 Å². The number of hydrogen-bond acceptors (Lipinski definition) is 5. The van der Waals surface area contributed by atoms with Gasteiger partial charge in [0.25, 0.3) is 11.1 Å². The number of nitrogens with zero attached hydrogens (tertiary/aromatic N) is 1. The zero-order chi connectivity index (χ0) is 20.8. The number of nitrogens with one attached hydrogen (secondary N) is 1. The summed E-state index contributed by atoms with van der Waals surface area (Å²) in [6.07, 6.45) is 0. The van der Waals surface area contributed by atoms with Crippen molar-refractivity contribution in [2.75, 3.05) is 19.4 Å². The second-order valence-corrected chi connectivity index (χ2v) is 7.27. The highest BCUT2D eigenvalue weighted by molar-refractivity contribution is 8.13. The van der Waals surface area contributed by atoms with Gasteiger partial charge in [0.05, 0.1) is 0 Å². The molecule has 0 radical (unpaired) electrons. The molecule has 0 atom stereocenters. The van der Waals surface area contributed by atoms with Crippen molar-refractivity contribution in [3.05, 3.63) is 78.0 Å². The van der Waals surface area contributed by atoms with Gasteiger partial charge in [0.1, 0.15) is 23.9 Å². The minimum Gasteiger partial charge on any atom is -0.486 e. The first-order chi connectivity index (χ1) is 13.9. The zero-order valence-electron chi connectivity index (χ0n) is 15.8. The molecule has 3 rings (SSSR count). The molecular formula is C21H19FN2O4S. The minimum atomic E-state index is -0.400. The van der Waals surface area contributed by atoms with Crippen LogP contribution in [0.2, 0.25) is 0 Å². The minimum absolute atomic E-state index is 0.0762. The van der Waals surface area contributed by atoms with E-state index in [0.717, 1.165) is 16.7 Å². The third-order valence-corrected chi connectivity index (χ3v) is 4.81. The molecular weight excluding hydrogens is 395 g/mol. The van der Waals surface area contributed by atoms with E-state index < -0.39 is 5.91 Å². The van der Waals surface area contributed by atoms with Crippen LogP contribution in [0, 0.1) is 5.82 Å². The lowest BCUT2D eigenvalue weighted by Crippen LogP contribution is -2.16. The maximum absolute atomic E-state index is 12.9. The van der Waals surface area contributed by atoms with Gasteiger partial charge in [-0.15, -0.1) is 0 Å². The first kappa shape index (κ1) is 20.5. The predicted octanol–water partition coefficient (Wildman–Crippen LogP) is 5.02. The number of anilines is 1. The van der Waals surface area contributed by atoms with Gasteiger partial charge in [-0.25, -0.2) is 4.39 Å². The van der Waals surface area contributed by atoms with Crippen LogP contribution in [0.5, 0.6) is 5.75 Å². The van der Waals surface area contributed by atoms with E-state index in [-0.39, 0.29) is 23.4 Å². The van der Waals surface area contributed by atoms with Crippen LogP contribution in [0.3, 0.4) is 0 Å². The van der Waals surface area contributed by atoms with Crippen LogP contribution in [-0.4, -0.2) is 30.1 Å². The lowest BCUT2D eigenvalue weighted by atomic mass is 10.3. The largest absolute Gasteiger partial charge is 0.486 e. The Hall–Kier alpha value is -3.26. The van der Waals surface area contributed by atoms with E-state index in [1.807, 2.05) is 0 Å². The summed E-state index contributed by atoms with van der Waals surface area (Å²) in [5, 5.41) is 2.66. The van der Waals surface area contributed by atoms with E-state index in [1.165, 1.54) is 29.2 Å². The first-order valence-corrected chi connectivity index (χ1v) is 9.50. The van der Waals surface area contributed by atoms with Crippen molar-refractivity contribution in [3.8, 4) is 5.75 Å². The number of amides is 2. The summed E-state index contributed by atoms with van der Waals surface area (Å²) in [4.78, 5) is 26.3. The number of hydrogen-bond donors (Lipinski definition) is 1. The average Bonchev–Trinajstić information content (AvgIpc) is 3.18. The lowest BCUT2D eigenvalue weighted by molar-refractivity contribution is 0.0992. The van der Waals surface area contributed by atoms with Gasteiger partial charge in [-0.2, -0.15) is 0 Å². The SMILES string of the molecule is CN(C)C(=O)Sc1ccc(NC(=O)c2ccc(COc3ccc(F)cc3)o2)cc1. The van der Waals surface area contributed by atoms with Gasteiger partial charge in [-0.1, -0.05) is 0 Å². The number of furan rings is 1. The molecule has 0 aliphatic rings. The summed E-state index contributed by atoms with van der Waals surface area (Å²) in [5.74, 6) is 0.366. The molecule has 0 aliphatic carbocycles. The van der Waals surface area contributed by atoms with Gasteiger partial charge >= 0.3 is 0 Å². The molecule has 0 saturated heterocycles. The fourth-order valence-corrected chi connectivity index (χ4v) is 2.91. The molecule has 0 bridgehead atoms. The smallest absolute Gasteiger partial charge is 0.291 e. The molecule has 0 saturated carbocycles. The topological polar surface area (TPSA) is 71.8 Å². The standard InChI is InChI=1S/C21H19FN2O4S/c1-24(2)21(26)29-18-10-5-15(6-11-18)23-20(25)19-12-9-17(28-19)13-27-16-7-3-14(22)4-8-16/h3-12H,13H2,1-2H3,(H,23,25). The summed E-state index contributed by atoms with van der Waals surface area (Å²) in [5.41, 5.74) is 0.581. The molecule has 29 heavy (non-hydrogen) atoms. The second kappa shape index (κ2) is 9.29. The molecule has 0 spiro atoms. The van der Waals surface area contributed by atoms with Crippen molar-refractivity contribution in [2.24, 2.45) is 0 Å². The Balaban J connectivity index is 1.54. The van der Waals surface area contributed by atoms with E-state index in [9.17, 15) is 14.0 Å². The molecule has 2 aromatic carbocycles. The molecule has 0 aliphatic heterocycles. The predicted molar refractivity (Wildman–Crippen MR) is 109 cm³/mol. The maximum Gasteiger partial charge on any atom is 0.291 e. The van der Waals surface area contributed by atoms with E-state index in [0.29, 0.717) is 17.2 Å².